The van der Waals surface area contributed by atoms with Crippen LogP contribution in [-0.4, -0.2) is 24.9 Å². The summed E-state index contributed by atoms with van der Waals surface area (Å²) < 4.78 is 0. The van der Waals surface area contributed by atoms with Crippen LogP contribution in [-0.2, 0) is 5.41 Å². The van der Waals surface area contributed by atoms with E-state index in [2.05, 4.69) is 123 Å². The lowest BCUT2D eigenvalue weighted by molar-refractivity contribution is 0.660. The second kappa shape index (κ2) is 14.0. The molecular formula is C52H37N5. The first-order valence-corrected chi connectivity index (χ1v) is 19.3. The molecule has 57 heavy (non-hydrogen) atoms. The fourth-order valence-electron chi connectivity index (χ4n) is 7.93. The van der Waals surface area contributed by atoms with Crippen molar-refractivity contribution in [2.24, 2.45) is 0 Å². The highest BCUT2D eigenvalue weighted by molar-refractivity contribution is 5.84. The van der Waals surface area contributed by atoms with Crippen LogP contribution < -0.4 is 0 Å². The van der Waals surface area contributed by atoms with Crippen molar-refractivity contribution in [2.75, 3.05) is 0 Å². The second-order valence-electron chi connectivity index (χ2n) is 15.0. The topological polar surface area (TPSA) is 64.5 Å². The molecule has 0 bridgehead atoms. The second-order valence-corrected chi connectivity index (χ2v) is 15.0. The molecule has 10 rings (SSSR count). The molecule has 1 aliphatic rings. The lowest BCUT2D eigenvalue weighted by Crippen LogP contribution is -2.14. The van der Waals surface area contributed by atoms with Crippen molar-refractivity contribution in [2.45, 2.75) is 19.3 Å². The maximum atomic E-state index is 5.16. The Balaban J connectivity index is 1.02. The number of hydrogen-bond donors (Lipinski definition) is 0. The number of benzene rings is 7. The normalized spacial score (nSPS) is 12.5. The van der Waals surface area contributed by atoms with Crippen molar-refractivity contribution in [1.29, 1.82) is 0 Å². The summed E-state index contributed by atoms with van der Waals surface area (Å²) in [5.74, 6) is 2.61. The molecule has 0 radical (unpaired) electrons. The van der Waals surface area contributed by atoms with Gasteiger partial charge in [0.15, 0.2) is 23.3 Å². The summed E-state index contributed by atoms with van der Waals surface area (Å²) in [5, 5.41) is 0. The van der Waals surface area contributed by atoms with Gasteiger partial charge in [-0.2, -0.15) is 0 Å². The van der Waals surface area contributed by atoms with Gasteiger partial charge in [-0.05, 0) is 51.6 Å². The fraction of sp³-hybridized carbons (Fsp3) is 0.0577. The highest BCUT2D eigenvalue weighted by Crippen LogP contribution is 2.49. The maximum Gasteiger partial charge on any atom is 0.164 e. The highest BCUT2D eigenvalue weighted by Gasteiger charge is 2.35. The smallest absolute Gasteiger partial charge is 0.164 e. The summed E-state index contributed by atoms with van der Waals surface area (Å²) >= 11 is 0. The molecule has 0 amide bonds. The maximum absolute atomic E-state index is 5.16. The molecule has 0 fully saturated rings. The van der Waals surface area contributed by atoms with E-state index in [9.17, 15) is 0 Å². The molecule has 270 valence electrons. The lowest BCUT2D eigenvalue weighted by atomic mass is 9.82. The molecule has 0 spiro atoms. The fourth-order valence-corrected chi connectivity index (χ4v) is 7.93. The molecule has 2 aromatic heterocycles. The Bertz CT molecular complexity index is 2850. The Labute approximate surface area is 332 Å². The van der Waals surface area contributed by atoms with Gasteiger partial charge in [-0.15, -0.1) is 0 Å². The van der Waals surface area contributed by atoms with Crippen LogP contribution in [0.2, 0.25) is 0 Å². The average Bonchev–Trinajstić information content (AvgIpc) is 3.52. The molecule has 0 aliphatic heterocycles. The van der Waals surface area contributed by atoms with Crippen LogP contribution in [0.25, 0.3) is 90.3 Å². The Kier molecular flexibility index (Phi) is 8.41. The van der Waals surface area contributed by atoms with E-state index in [1.165, 1.54) is 22.3 Å². The Morgan fingerprint density at radius 2 is 0.684 bits per heavy atom. The van der Waals surface area contributed by atoms with Crippen LogP contribution in [0.15, 0.2) is 188 Å². The van der Waals surface area contributed by atoms with Gasteiger partial charge in [-0.25, -0.2) is 24.9 Å². The standard InChI is InChI=1S/C52H37N5/c1-52(2)44-24-13-12-23-42(44)43-30-29-41(32-45(43)52)47-33-46(53-48(54-47)35-15-6-3-7-16-35)40-22-14-21-39(31-40)34-25-27-38(28-26-34)51-56-49(36-17-8-4-9-18-36)55-50(57-51)37-19-10-5-11-20-37/h3-33H,1-2H3. The first kappa shape index (κ1) is 34.1. The Hall–Kier alpha value is -7.37. The molecule has 2 heterocycles. The van der Waals surface area contributed by atoms with E-state index < -0.39 is 0 Å². The Morgan fingerprint density at radius 3 is 1.26 bits per heavy atom. The molecule has 0 atom stereocenters. The minimum absolute atomic E-state index is 0.109. The van der Waals surface area contributed by atoms with Crippen molar-refractivity contribution in [3.05, 3.63) is 199 Å². The van der Waals surface area contributed by atoms with E-state index in [1.807, 2.05) is 78.9 Å². The lowest BCUT2D eigenvalue weighted by Gasteiger charge is -2.22. The number of aromatic nitrogens is 5. The third-order valence-electron chi connectivity index (χ3n) is 11.0. The van der Waals surface area contributed by atoms with Gasteiger partial charge in [-0.1, -0.05) is 184 Å². The number of rotatable bonds is 7. The number of nitrogens with zero attached hydrogens (tertiary/aromatic N) is 5. The van der Waals surface area contributed by atoms with Gasteiger partial charge in [0.1, 0.15) is 0 Å². The first-order valence-electron chi connectivity index (χ1n) is 19.3. The molecule has 0 saturated carbocycles. The molecular weight excluding hydrogens is 695 g/mol. The van der Waals surface area contributed by atoms with Crippen LogP contribution in [0.4, 0.5) is 0 Å². The summed E-state index contributed by atoms with van der Waals surface area (Å²) in [6, 6.07) is 65.0. The molecule has 7 aromatic carbocycles. The SMILES string of the molecule is CC1(C)c2ccccc2-c2ccc(-c3cc(-c4cccc(-c5ccc(-c6nc(-c7ccccc7)nc(-c7ccccc7)n6)cc5)c4)nc(-c4ccccc4)n3)cc21. The predicted octanol–water partition coefficient (Wildman–Crippen LogP) is 12.6. The van der Waals surface area contributed by atoms with E-state index in [1.54, 1.807) is 0 Å². The van der Waals surface area contributed by atoms with Gasteiger partial charge >= 0.3 is 0 Å². The van der Waals surface area contributed by atoms with E-state index in [4.69, 9.17) is 24.9 Å². The van der Waals surface area contributed by atoms with Crippen molar-refractivity contribution >= 4 is 0 Å². The van der Waals surface area contributed by atoms with Crippen LogP contribution in [0.3, 0.4) is 0 Å². The molecule has 5 nitrogen and oxygen atoms in total. The van der Waals surface area contributed by atoms with Gasteiger partial charge in [-0.3, -0.25) is 0 Å². The summed E-state index contributed by atoms with van der Waals surface area (Å²) in [5.41, 5.74) is 15.0. The third kappa shape index (κ3) is 6.39. The summed E-state index contributed by atoms with van der Waals surface area (Å²) in [6.07, 6.45) is 0. The molecule has 0 saturated heterocycles. The first-order chi connectivity index (χ1) is 28.0. The summed E-state index contributed by atoms with van der Waals surface area (Å²) in [7, 11) is 0. The van der Waals surface area contributed by atoms with Gasteiger partial charge in [0.2, 0.25) is 0 Å². The minimum atomic E-state index is -0.109. The van der Waals surface area contributed by atoms with Crippen LogP contribution in [0.5, 0.6) is 0 Å². The average molecular weight is 732 g/mol. The summed E-state index contributed by atoms with van der Waals surface area (Å²) in [4.78, 5) is 25.0. The minimum Gasteiger partial charge on any atom is -0.228 e. The monoisotopic (exact) mass is 731 g/mol. The highest BCUT2D eigenvalue weighted by atomic mass is 15.0. The van der Waals surface area contributed by atoms with E-state index >= 15 is 0 Å². The zero-order valence-electron chi connectivity index (χ0n) is 31.6. The van der Waals surface area contributed by atoms with Gasteiger partial charge in [0.25, 0.3) is 0 Å². The zero-order chi connectivity index (χ0) is 38.3. The van der Waals surface area contributed by atoms with Crippen LogP contribution in [0.1, 0.15) is 25.0 Å². The largest absolute Gasteiger partial charge is 0.228 e. The quantitative estimate of drug-likeness (QED) is 0.163. The van der Waals surface area contributed by atoms with Gasteiger partial charge in [0, 0.05) is 38.8 Å². The van der Waals surface area contributed by atoms with Crippen molar-refractivity contribution in [3.8, 4) is 90.3 Å². The van der Waals surface area contributed by atoms with Crippen LogP contribution in [0, 0.1) is 0 Å². The Morgan fingerprint density at radius 1 is 0.281 bits per heavy atom. The predicted molar refractivity (Wildman–Crippen MR) is 231 cm³/mol. The van der Waals surface area contributed by atoms with Crippen molar-refractivity contribution in [1.82, 2.24) is 24.9 Å². The number of hydrogen-bond acceptors (Lipinski definition) is 5. The zero-order valence-corrected chi connectivity index (χ0v) is 31.6. The summed E-state index contributed by atoms with van der Waals surface area (Å²) in [6.45, 7) is 4.63. The van der Waals surface area contributed by atoms with Crippen molar-refractivity contribution < 1.29 is 0 Å². The van der Waals surface area contributed by atoms with E-state index in [0.717, 1.165) is 55.9 Å². The third-order valence-corrected chi connectivity index (χ3v) is 11.0. The van der Waals surface area contributed by atoms with Crippen molar-refractivity contribution in [3.63, 3.8) is 0 Å². The van der Waals surface area contributed by atoms with Crippen LogP contribution >= 0.6 is 0 Å². The molecule has 0 unspecified atom stereocenters. The molecule has 9 aromatic rings. The molecule has 5 heteroatoms. The van der Waals surface area contributed by atoms with Gasteiger partial charge < -0.3 is 0 Å². The van der Waals surface area contributed by atoms with E-state index in [0.29, 0.717) is 23.3 Å². The van der Waals surface area contributed by atoms with Gasteiger partial charge in [0.05, 0.1) is 11.4 Å². The van der Waals surface area contributed by atoms with E-state index in [-0.39, 0.29) is 5.41 Å². The molecule has 0 N–H and O–H groups in total. The number of fused-ring (bicyclic) bond motifs is 3. The molecule has 1 aliphatic carbocycles.